The molecule has 0 unspecified atom stereocenters. The molecule has 2 saturated carbocycles. The van der Waals surface area contributed by atoms with E-state index in [9.17, 15) is 24.9 Å². The number of hydrogen-bond acceptors (Lipinski definition) is 6. The smallest absolute Gasteiger partial charge is 0.225 e. The van der Waals surface area contributed by atoms with E-state index in [1.165, 1.54) is 0 Å². The van der Waals surface area contributed by atoms with Gasteiger partial charge in [0.15, 0.2) is 0 Å². The molecule has 2 bridgehead atoms. The van der Waals surface area contributed by atoms with E-state index in [1.807, 2.05) is 20.8 Å². The second kappa shape index (κ2) is 6.98. The van der Waals surface area contributed by atoms with Gasteiger partial charge in [-0.15, -0.1) is 0 Å². The summed E-state index contributed by atoms with van der Waals surface area (Å²) < 4.78 is 5.87. The summed E-state index contributed by atoms with van der Waals surface area (Å²) in [6.45, 7) is 13.1. The standard InChI is InChI=1S/C23H36O6/c1-8-29-15-9-16(25)22(7)17(12(15)3)13(4)23(28)10-14(24)11(2)18(21(23,5)6)19(26)20(22)27/h12-17,24-25,28H,8-10H2,1-7H3/t12-,13-,14-,15+,16+,17-,22+,23+/m0/s1. The molecule has 0 heterocycles. The van der Waals surface area contributed by atoms with Crippen molar-refractivity contribution in [2.24, 2.45) is 28.6 Å². The number of aliphatic hydroxyl groups is 3. The quantitative estimate of drug-likeness (QED) is 0.604. The molecule has 0 aromatic carbocycles. The maximum Gasteiger partial charge on any atom is 0.225 e. The monoisotopic (exact) mass is 408 g/mol. The lowest BCUT2D eigenvalue weighted by Gasteiger charge is -2.61. The Bertz CT molecular complexity index is 754. The van der Waals surface area contributed by atoms with Crippen molar-refractivity contribution < 1.29 is 29.6 Å². The fourth-order valence-corrected chi connectivity index (χ4v) is 6.84. The first-order valence-electron chi connectivity index (χ1n) is 10.8. The summed E-state index contributed by atoms with van der Waals surface area (Å²) in [7, 11) is 0. The number of hydrogen-bond donors (Lipinski definition) is 3. The van der Waals surface area contributed by atoms with Crippen LogP contribution in [0.15, 0.2) is 11.1 Å². The lowest BCUT2D eigenvalue weighted by Crippen LogP contribution is -2.68. The van der Waals surface area contributed by atoms with Gasteiger partial charge in [-0.25, -0.2) is 0 Å². The van der Waals surface area contributed by atoms with Gasteiger partial charge in [0.2, 0.25) is 11.6 Å². The summed E-state index contributed by atoms with van der Waals surface area (Å²) in [5.41, 5.74) is -3.10. The average molecular weight is 409 g/mol. The van der Waals surface area contributed by atoms with E-state index in [2.05, 4.69) is 0 Å². The van der Waals surface area contributed by atoms with Gasteiger partial charge in [0.25, 0.3) is 0 Å². The SMILES string of the molecule is CCO[C@@H]1C[C@@H](O)[C@@]2(C)C(=O)C(=O)C3=C(C)[C@@H](O)C[C@@](O)([C@@H](C)[C@@H]2[C@H]1C)C3(C)C. The molecule has 0 saturated heterocycles. The summed E-state index contributed by atoms with van der Waals surface area (Å²) in [5.74, 6) is -2.39. The molecule has 3 rings (SSSR count). The molecule has 164 valence electrons. The van der Waals surface area contributed by atoms with Crippen molar-refractivity contribution in [3.63, 3.8) is 0 Å². The minimum atomic E-state index is -1.41. The summed E-state index contributed by atoms with van der Waals surface area (Å²) in [5, 5.41) is 33.8. The van der Waals surface area contributed by atoms with Crippen molar-refractivity contribution in [3.05, 3.63) is 11.1 Å². The number of ketones is 2. The van der Waals surface area contributed by atoms with Gasteiger partial charge in [-0.05, 0) is 44.1 Å². The highest BCUT2D eigenvalue weighted by molar-refractivity contribution is 6.46. The van der Waals surface area contributed by atoms with Gasteiger partial charge >= 0.3 is 0 Å². The van der Waals surface area contributed by atoms with Crippen molar-refractivity contribution in [1.82, 2.24) is 0 Å². The second-order valence-electron chi connectivity index (χ2n) is 10.2. The van der Waals surface area contributed by atoms with Crippen molar-refractivity contribution in [2.75, 3.05) is 6.61 Å². The number of Topliss-reactive ketones (excluding diaryl/α,β-unsaturated/α-hetero) is 2. The van der Waals surface area contributed by atoms with Crippen molar-refractivity contribution >= 4 is 11.6 Å². The summed E-state index contributed by atoms with van der Waals surface area (Å²) in [6.07, 6.45) is -1.94. The number of fused-ring (bicyclic) bond motifs is 3. The van der Waals surface area contributed by atoms with Gasteiger partial charge in [-0.1, -0.05) is 27.7 Å². The van der Waals surface area contributed by atoms with Crippen LogP contribution in [0.25, 0.3) is 0 Å². The maximum absolute atomic E-state index is 13.6. The molecular weight excluding hydrogens is 372 g/mol. The number of carbonyl (C=O) groups excluding carboxylic acids is 2. The Hall–Kier alpha value is -1.08. The van der Waals surface area contributed by atoms with Gasteiger partial charge in [0, 0.05) is 30.4 Å². The van der Waals surface area contributed by atoms with Crippen LogP contribution in [-0.2, 0) is 14.3 Å². The number of aliphatic hydroxyl groups excluding tert-OH is 2. The van der Waals surface area contributed by atoms with Crippen LogP contribution in [0.2, 0.25) is 0 Å². The summed E-state index contributed by atoms with van der Waals surface area (Å²) >= 11 is 0. The topological polar surface area (TPSA) is 104 Å². The van der Waals surface area contributed by atoms with Crippen molar-refractivity contribution in [1.29, 1.82) is 0 Å². The predicted octanol–water partition coefficient (Wildman–Crippen LogP) is 2.04. The normalized spacial score (nSPS) is 47.5. The second-order valence-corrected chi connectivity index (χ2v) is 10.2. The van der Waals surface area contributed by atoms with Crippen LogP contribution >= 0.6 is 0 Å². The molecule has 0 aliphatic heterocycles. The zero-order valence-electron chi connectivity index (χ0n) is 18.7. The third kappa shape index (κ3) is 2.75. The van der Waals surface area contributed by atoms with E-state index < -0.39 is 52.0 Å². The molecule has 0 radical (unpaired) electrons. The Labute approximate surface area is 173 Å². The minimum absolute atomic E-state index is 0.0899. The van der Waals surface area contributed by atoms with Gasteiger partial charge in [-0.2, -0.15) is 0 Å². The molecule has 8 atom stereocenters. The first-order chi connectivity index (χ1) is 13.3. The number of carbonyl (C=O) groups is 2. The predicted molar refractivity (Wildman–Crippen MR) is 108 cm³/mol. The molecule has 3 aliphatic carbocycles. The van der Waals surface area contributed by atoms with Crippen LogP contribution in [0.5, 0.6) is 0 Å². The van der Waals surface area contributed by atoms with Crippen molar-refractivity contribution in [2.45, 2.75) is 85.2 Å². The highest BCUT2D eigenvalue weighted by Gasteiger charge is 2.67. The zero-order chi connectivity index (χ0) is 22.1. The Morgan fingerprint density at radius 2 is 1.72 bits per heavy atom. The molecular formula is C23H36O6. The minimum Gasteiger partial charge on any atom is -0.392 e. The van der Waals surface area contributed by atoms with Crippen LogP contribution in [0.4, 0.5) is 0 Å². The molecule has 3 N–H and O–H groups in total. The molecule has 6 nitrogen and oxygen atoms in total. The lowest BCUT2D eigenvalue weighted by atomic mass is 9.45. The first kappa shape index (κ1) is 22.6. The lowest BCUT2D eigenvalue weighted by molar-refractivity contribution is -0.210. The first-order valence-corrected chi connectivity index (χ1v) is 10.8. The number of rotatable bonds is 2. The fraction of sp³-hybridized carbons (Fsp3) is 0.826. The van der Waals surface area contributed by atoms with Crippen LogP contribution in [0, 0.1) is 28.6 Å². The Balaban J connectivity index is 2.29. The molecule has 0 amide bonds. The zero-order valence-corrected chi connectivity index (χ0v) is 18.7. The molecule has 0 spiro atoms. The van der Waals surface area contributed by atoms with Crippen LogP contribution in [0.3, 0.4) is 0 Å². The molecule has 6 heteroatoms. The fourth-order valence-electron chi connectivity index (χ4n) is 6.84. The van der Waals surface area contributed by atoms with Crippen LogP contribution in [0.1, 0.15) is 61.3 Å². The highest BCUT2D eigenvalue weighted by Crippen LogP contribution is 2.61. The Morgan fingerprint density at radius 3 is 2.28 bits per heavy atom. The summed E-state index contributed by atoms with van der Waals surface area (Å²) in [4.78, 5) is 27.1. The van der Waals surface area contributed by atoms with Gasteiger partial charge in [-0.3, -0.25) is 9.59 Å². The van der Waals surface area contributed by atoms with Crippen molar-refractivity contribution in [3.8, 4) is 0 Å². The summed E-state index contributed by atoms with van der Waals surface area (Å²) in [6, 6.07) is 0. The largest absolute Gasteiger partial charge is 0.392 e. The molecule has 29 heavy (non-hydrogen) atoms. The third-order valence-electron chi connectivity index (χ3n) is 8.69. The van der Waals surface area contributed by atoms with Gasteiger partial charge < -0.3 is 20.1 Å². The highest BCUT2D eigenvalue weighted by atomic mass is 16.5. The molecule has 2 fully saturated rings. The molecule has 0 aromatic rings. The van der Waals surface area contributed by atoms with E-state index in [0.29, 0.717) is 12.2 Å². The van der Waals surface area contributed by atoms with E-state index in [1.54, 1.807) is 27.7 Å². The Kier molecular flexibility index (Phi) is 5.44. The molecule has 0 aromatic heterocycles. The van der Waals surface area contributed by atoms with E-state index in [4.69, 9.17) is 4.74 Å². The van der Waals surface area contributed by atoms with E-state index in [-0.39, 0.29) is 30.4 Å². The number of ether oxygens (including phenoxy) is 1. The van der Waals surface area contributed by atoms with E-state index >= 15 is 0 Å². The van der Waals surface area contributed by atoms with Gasteiger partial charge in [0.05, 0.1) is 29.3 Å². The Morgan fingerprint density at radius 1 is 1.14 bits per heavy atom. The van der Waals surface area contributed by atoms with Crippen LogP contribution < -0.4 is 0 Å². The van der Waals surface area contributed by atoms with Crippen LogP contribution in [-0.4, -0.2) is 57.4 Å². The third-order valence-corrected chi connectivity index (χ3v) is 8.69. The average Bonchev–Trinajstić information content (AvgIpc) is 2.63. The van der Waals surface area contributed by atoms with E-state index in [0.717, 1.165) is 0 Å². The maximum atomic E-state index is 13.6. The molecule has 3 aliphatic rings. The van der Waals surface area contributed by atoms with Gasteiger partial charge in [0.1, 0.15) is 0 Å².